The first-order valence-corrected chi connectivity index (χ1v) is 5.18. The van der Waals surface area contributed by atoms with Gasteiger partial charge in [-0.1, -0.05) is 24.5 Å². The lowest BCUT2D eigenvalue weighted by atomic mass is 10.1. The molecule has 0 unspecified atom stereocenters. The number of rotatable bonds is 8. The van der Waals surface area contributed by atoms with Crippen LogP contribution in [-0.2, 0) is 4.79 Å². The maximum Gasteiger partial charge on any atom is 0.328 e. The van der Waals surface area contributed by atoms with Crippen molar-refractivity contribution in [2.45, 2.75) is 45.4 Å². The summed E-state index contributed by atoms with van der Waals surface area (Å²) < 4.78 is 0. The molecule has 0 aliphatic rings. The minimum atomic E-state index is -0.839. The molecule has 80 valence electrons. The molecule has 0 saturated carbocycles. The van der Waals surface area contributed by atoms with E-state index >= 15 is 0 Å². The topological polar surface area (TPSA) is 37.3 Å². The highest BCUT2D eigenvalue weighted by atomic mass is 16.4. The monoisotopic (exact) mass is 196 g/mol. The number of unbranched alkanes of at least 4 members (excludes halogenated alkanes) is 4. The largest absolute Gasteiger partial charge is 0.478 e. The fourth-order valence-corrected chi connectivity index (χ4v) is 1.33. The van der Waals surface area contributed by atoms with Gasteiger partial charge in [-0.15, -0.1) is 6.58 Å². The van der Waals surface area contributed by atoms with Gasteiger partial charge in [0, 0.05) is 6.08 Å². The summed E-state index contributed by atoms with van der Waals surface area (Å²) in [5.41, 5.74) is 0.959. The van der Waals surface area contributed by atoms with Gasteiger partial charge in [0.05, 0.1) is 0 Å². The zero-order chi connectivity index (χ0) is 10.8. The average molecular weight is 196 g/mol. The number of aliphatic carboxylic acids is 1. The molecular formula is C12H20O2. The van der Waals surface area contributed by atoms with Gasteiger partial charge in [0.2, 0.25) is 0 Å². The van der Waals surface area contributed by atoms with Crippen LogP contribution in [0.5, 0.6) is 0 Å². The Balaban J connectivity index is 3.35. The molecule has 0 aliphatic heterocycles. The zero-order valence-electron chi connectivity index (χ0n) is 8.96. The Kier molecular flexibility index (Phi) is 7.90. The Hall–Kier alpha value is -1.05. The number of carbonyl (C=O) groups is 1. The molecule has 0 aromatic carbocycles. The zero-order valence-corrected chi connectivity index (χ0v) is 8.96. The Morgan fingerprint density at radius 3 is 2.50 bits per heavy atom. The van der Waals surface area contributed by atoms with Gasteiger partial charge < -0.3 is 5.11 Å². The van der Waals surface area contributed by atoms with E-state index in [1.807, 2.05) is 13.0 Å². The molecule has 14 heavy (non-hydrogen) atoms. The third-order valence-electron chi connectivity index (χ3n) is 2.10. The quantitative estimate of drug-likeness (QED) is 0.366. The van der Waals surface area contributed by atoms with E-state index < -0.39 is 5.97 Å². The Morgan fingerprint density at radius 1 is 1.29 bits per heavy atom. The molecule has 0 amide bonds. The molecule has 0 saturated heterocycles. The van der Waals surface area contributed by atoms with Crippen molar-refractivity contribution in [1.29, 1.82) is 0 Å². The van der Waals surface area contributed by atoms with Crippen molar-refractivity contribution in [1.82, 2.24) is 0 Å². The number of carboxylic acid groups (broad SMARTS) is 1. The lowest BCUT2D eigenvalue weighted by molar-refractivity contribution is -0.131. The van der Waals surface area contributed by atoms with Crippen LogP contribution in [-0.4, -0.2) is 11.1 Å². The van der Waals surface area contributed by atoms with Gasteiger partial charge in [0.25, 0.3) is 0 Å². The molecule has 0 aromatic rings. The first-order chi connectivity index (χ1) is 6.66. The highest BCUT2D eigenvalue weighted by Crippen LogP contribution is 2.10. The van der Waals surface area contributed by atoms with Gasteiger partial charge in [-0.25, -0.2) is 4.79 Å². The van der Waals surface area contributed by atoms with E-state index in [0.717, 1.165) is 24.8 Å². The molecule has 2 heteroatoms. The molecule has 0 radical (unpaired) electrons. The Morgan fingerprint density at radius 2 is 1.93 bits per heavy atom. The van der Waals surface area contributed by atoms with Crippen LogP contribution in [0.4, 0.5) is 0 Å². The third-order valence-corrected chi connectivity index (χ3v) is 2.10. The van der Waals surface area contributed by atoms with Crippen LogP contribution >= 0.6 is 0 Å². The second-order valence-corrected chi connectivity index (χ2v) is 3.57. The molecule has 2 nitrogen and oxygen atoms in total. The Bertz CT molecular complexity index is 204. The third kappa shape index (κ3) is 9.04. The standard InChI is InChI=1S/C12H20O2/c1-3-4-5-6-7-8-9-11(2)10-12(13)14/h3,10H,1,4-9H2,2H3,(H,13,14)/b11-10+. The van der Waals surface area contributed by atoms with Crippen LogP contribution in [0, 0.1) is 0 Å². The normalized spacial score (nSPS) is 11.4. The van der Waals surface area contributed by atoms with Crippen molar-refractivity contribution in [3.8, 4) is 0 Å². The molecule has 0 aromatic heterocycles. The summed E-state index contributed by atoms with van der Waals surface area (Å²) in [6.07, 6.45) is 9.91. The van der Waals surface area contributed by atoms with Gasteiger partial charge in [-0.2, -0.15) is 0 Å². The first kappa shape index (κ1) is 12.9. The summed E-state index contributed by atoms with van der Waals surface area (Å²) in [6, 6.07) is 0. The second-order valence-electron chi connectivity index (χ2n) is 3.57. The van der Waals surface area contributed by atoms with Crippen molar-refractivity contribution < 1.29 is 9.90 Å². The van der Waals surface area contributed by atoms with E-state index in [0.29, 0.717) is 0 Å². The number of allylic oxidation sites excluding steroid dienone is 2. The van der Waals surface area contributed by atoms with Crippen molar-refractivity contribution in [2.75, 3.05) is 0 Å². The van der Waals surface area contributed by atoms with Crippen LogP contribution in [0.3, 0.4) is 0 Å². The minimum absolute atomic E-state index is 0.839. The fraction of sp³-hybridized carbons (Fsp3) is 0.583. The molecule has 0 bridgehead atoms. The van der Waals surface area contributed by atoms with Crippen LogP contribution in [0.25, 0.3) is 0 Å². The Labute approximate surface area is 86.3 Å². The number of carboxylic acids is 1. The number of hydrogen-bond acceptors (Lipinski definition) is 1. The highest BCUT2D eigenvalue weighted by molar-refractivity contribution is 5.80. The molecular weight excluding hydrogens is 176 g/mol. The predicted octanol–water partition coefficient (Wildman–Crippen LogP) is 3.54. The van der Waals surface area contributed by atoms with Crippen LogP contribution in [0.2, 0.25) is 0 Å². The minimum Gasteiger partial charge on any atom is -0.478 e. The summed E-state index contributed by atoms with van der Waals surface area (Å²) in [5.74, 6) is -0.839. The van der Waals surface area contributed by atoms with E-state index in [1.54, 1.807) is 0 Å². The van der Waals surface area contributed by atoms with Crippen LogP contribution in [0.15, 0.2) is 24.3 Å². The van der Waals surface area contributed by atoms with E-state index in [1.165, 1.54) is 25.3 Å². The summed E-state index contributed by atoms with van der Waals surface area (Å²) in [4.78, 5) is 10.3. The SMILES string of the molecule is C=CCCCCCC/C(C)=C/C(=O)O. The summed E-state index contributed by atoms with van der Waals surface area (Å²) in [7, 11) is 0. The summed E-state index contributed by atoms with van der Waals surface area (Å²) in [6.45, 7) is 5.54. The van der Waals surface area contributed by atoms with E-state index in [2.05, 4.69) is 6.58 Å². The van der Waals surface area contributed by atoms with Gasteiger partial charge in [-0.3, -0.25) is 0 Å². The molecule has 0 aliphatic carbocycles. The predicted molar refractivity (Wildman–Crippen MR) is 59.3 cm³/mol. The maximum absolute atomic E-state index is 10.3. The number of hydrogen-bond donors (Lipinski definition) is 1. The summed E-state index contributed by atoms with van der Waals surface area (Å²) in [5, 5.41) is 8.47. The average Bonchev–Trinajstić information content (AvgIpc) is 2.10. The molecule has 0 fully saturated rings. The lowest BCUT2D eigenvalue weighted by Crippen LogP contribution is -1.90. The van der Waals surface area contributed by atoms with Gasteiger partial charge >= 0.3 is 5.97 Å². The van der Waals surface area contributed by atoms with Crippen molar-refractivity contribution in [3.05, 3.63) is 24.3 Å². The molecule has 0 heterocycles. The van der Waals surface area contributed by atoms with Gasteiger partial charge in [-0.05, 0) is 32.6 Å². The van der Waals surface area contributed by atoms with E-state index in [4.69, 9.17) is 5.11 Å². The van der Waals surface area contributed by atoms with Crippen molar-refractivity contribution in [3.63, 3.8) is 0 Å². The van der Waals surface area contributed by atoms with E-state index in [-0.39, 0.29) is 0 Å². The smallest absolute Gasteiger partial charge is 0.328 e. The van der Waals surface area contributed by atoms with Gasteiger partial charge in [0.1, 0.15) is 0 Å². The van der Waals surface area contributed by atoms with Crippen molar-refractivity contribution >= 4 is 5.97 Å². The fourth-order valence-electron chi connectivity index (χ4n) is 1.33. The lowest BCUT2D eigenvalue weighted by Gasteiger charge is -2.00. The van der Waals surface area contributed by atoms with Gasteiger partial charge in [0.15, 0.2) is 0 Å². The highest BCUT2D eigenvalue weighted by Gasteiger charge is 1.94. The molecule has 0 atom stereocenters. The van der Waals surface area contributed by atoms with E-state index in [9.17, 15) is 4.79 Å². The maximum atomic E-state index is 10.3. The van der Waals surface area contributed by atoms with Crippen LogP contribution in [0.1, 0.15) is 45.4 Å². The van der Waals surface area contributed by atoms with Crippen LogP contribution < -0.4 is 0 Å². The first-order valence-electron chi connectivity index (χ1n) is 5.18. The van der Waals surface area contributed by atoms with Crippen molar-refractivity contribution in [2.24, 2.45) is 0 Å². The summed E-state index contributed by atoms with van der Waals surface area (Å²) >= 11 is 0. The molecule has 0 spiro atoms. The molecule has 0 rings (SSSR count). The molecule has 1 N–H and O–H groups in total. The second kappa shape index (κ2) is 8.54.